The van der Waals surface area contributed by atoms with Gasteiger partial charge in [-0.2, -0.15) is 0 Å². The van der Waals surface area contributed by atoms with E-state index in [-0.39, 0.29) is 5.97 Å². The maximum absolute atomic E-state index is 11.7. The van der Waals surface area contributed by atoms with Crippen LogP contribution in [-0.2, 0) is 9.47 Å². The quantitative estimate of drug-likeness (QED) is 0.545. The number of hydrogen-bond donors (Lipinski definition) is 0. The summed E-state index contributed by atoms with van der Waals surface area (Å²) in [6.07, 6.45) is 1.82. The van der Waals surface area contributed by atoms with E-state index in [1.807, 2.05) is 19.1 Å². The van der Waals surface area contributed by atoms with E-state index in [0.29, 0.717) is 18.8 Å². The normalized spacial score (nSPS) is 15.5. The summed E-state index contributed by atoms with van der Waals surface area (Å²) in [7, 11) is 0. The SMILES string of the molecule is CCCOC(=O)c1ccc(OCCCN2CCOCC2)cc1. The molecule has 5 heteroatoms. The Hall–Kier alpha value is -1.59. The molecule has 0 saturated carbocycles. The summed E-state index contributed by atoms with van der Waals surface area (Å²) in [5, 5.41) is 0. The Kier molecular flexibility index (Phi) is 7.19. The van der Waals surface area contributed by atoms with Gasteiger partial charge in [0, 0.05) is 19.6 Å². The third kappa shape index (κ3) is 5.66. The van der Waals surface area contributed by atoms with E-state index in [4.69, 9.17) is 14.2 Å². The third-order valence-electron chi connectivity index (χ3n) is 3.52. The summed E-state index contributed by atoms with van der Waals surface area (Å²) in [6.45, 7) is 7.82. The lowest BCUT2D eigenvalue weighted by Gasteiger charge is -2.26. The molecule has 0 aliphatic carbocycles. The number of esters is 1. The van der Waals surface area contributed by atoms with Crippen molar-refractivity contribution in [3.63, 3.8) is 0 Å². The van der Waals surface area contributed by atoms with Gasteiger partial charge >= 0.3 is 5.97 Å². The summed E-state index contributed by atoms with van der Waals surface area (Å²) < 4.78 is 16.1. The monoisotopic (exact) mass is 307 g/mol. The van der Waals surface area contributed by atoms with Gasteiger partial charge in [0.15, 0.2) is 0 Å². The van der Waals surface area contributed by atoms with Crippen LogP contribution in [0.5, 0.6) is 5.75 Å². The van der Waals surface area contributed by atoms with Crippen molar-refractivity contribution < 1.29 is 19.0 Å². The Balaban J connectivity index is 1.66. The van der Waals surface area contributed by atoms with Crippen molar-refractivity contribution in [1.29, 1.82) is 0 Å². The minimum Gasteiger partial charge on any atom is -0.494 e. The maximum atomic E-state index is 11.7. The van der Waals surface area contributed by atoms with E-state index < -0.39 is 0 Å². The van der Waals surface area contributed by atoms with Gasteiger partial charge in [-0.1, -0.05) is 6.92 Å². The molecule has 5 nitrogen and oxygen atoms in total. The average Bonchev–Trinajstić information content (AvgIpc) is 2.58. The van der Waals surface area contributed by atoms with Crippen LogP contribution in [0, 0.1) is 0 Å². The number of ether oxygens (including phenoxy) is 3. The largest absolute Gasteiger partial charge is 0.494 e. The van der Waals surface area contributed by atoms with Gasteiger partial charge in [0.05, 0.1) is 32.0 Å². The molecule has 0 radical (unpaired) electrons. The molecule has 2 rings (SSSR count). The molecule has 1 saturated heterocycles. The highest BCUT2D eigenvalue weighted by molar-refractivity contribution is 5.89. The zero-order valence-corrected chi connectivity index (χ0v) is 13.3. The van der Waals surface area contributed by atoms with Crippen LogP contribution in [0.1, 0.15) is 30.1 Å². The Bertz CT molecular complexity index is 440. The number of carbonyl (C=O) groups excluding carboxylic acids is 1. The summed E-state index contributed by atoms with van der Waals surface area (Å²) in [5.74, 6) is 0.509. The molecule has 0 aromatic heterocycles. The fraction of sp³-hybridized carbons (Fsp3) is 0.588. The van der Waals surface area contributed by atoms with Crippen LogP contribution in [0.15, 0.2) is 24.3 Å². The first-order valence-corrected chi connectivity index (χ1v) is 7.99. The van der Waals surface area contributed by atoms with Crippen molar-refractivity contribution in [3.8, 4) is 5.75 Å². The summed E-state index contributed by atoms with van der Waals surface area (Å²) in [6, 6.07) is 7.12. The highest BCUT2D eigenvalue weighted by atomic mass is 16.5. The Morgan fingerprint density at radius 2 is 1.91 bits per heavy atom. The predicted octanol–water partition coefficient (Wildman–Crippen LogP) is 2.35. The average molecular weight is 307 g/mol. The molecule has 1 heterocycles. The number of benzene rings is 1. The molecule has 1 aromatic carbocycles. The lowest BCUT2D eigenvalue weighted by atomic mass is 10.2. The van der Waals surface area contributed by atoms with E-state index in [9.17, 15) is 4.79 Å². The first-order valence-electron chi connectivity index (χ1n) is 7.99. The fourth-order valence-electron chi connectivity index (χ4n) is 2.27. The molecule has 0 spiro atoms. The first-order chi connectivity index (χ1) is 10.8. The van der Waals surface area contributed by atoms with E-state index >= 15 is 0 Å². The van der Waals surface area contributed by atoms with Crippen LogP contribution < -0.4 is 4.74 Å². The van der Waals surface area contributed by atoms with Crippen molar-refractivity contribution >= 4 is 5.97 Å². The minimum atomic E-state index is -0.277. The molecule has 22 heavy (non-hydrogen) atoms. The first kappa shape index (κ1) is 16.8. The van der Waals surface area contributed by atoms with Gasteiger partial charge in [0.2, 0.25) is 0 Å². The predicted molar refractivity (Wildman–Crippen MR) is 84.4 cm³/mol. The second-order valence-corrected chi connectivity index (χ2v) is 5.32. The fourth-order valence-corrected chi connectivity index (χ4v) is 2.27. The third-order valence-corrected chi connectivity index (χ3v) is 3.52. The van der Waals surface area contributed by atoms with Crippen molar-refractivity contribution in [2.45, 2.75) is 19.8 Å². The number of hydrogen-bond acceptors (Lipinski definition) is 5. The van der Waals surface area contributed by atoms with Gasteiger partial charge < -0.3 is 14.2 Å². The van der Waals surface area contributed by atoms with Gasteiger partial charge in [0.25, 0.3) is 0 Å². The maximum Gasteiger partial charge on any atom is 0.338 e. The zero-order chi connectivity index (χ0) is 15.6. The summed E-state index contributed by atoms with van der Waals surface area (Å²) in [4.78, 5) is 14.1. The van der Waals surface area contributed by atoms with Crippen molar-refractivity contribution in [3.05, 3.63) is 29.8 Å². The molecular formula is C17H25NO4. The lowest BCUT2D eigenvalue weighted by molar-refractivity contribution is 0.0358. The molecule has 1 aromatic rings. The van der Waals surface area contributed by atoms with Crippen molar-refractivity contribution in [2.75, 3.05) is 46.1 Å². The Morgan fingerprint density at radius 1 is 1.18 bits per heavy atom. The molecule has 1 aliphatic rings. The number of nitrogens with zero attached hydrogens (tertiary/aromatic N) is 1. The van der Waals surface area contributed by atoms with Gasteiger partial charge in [-0.15, -0.1) is 0 Å². The highest BCUT2D eigenvalue weighted by Gasteiger charge is 2.09. The molecule has 0 bridgehead atoms. The van der Waals surface area contributed by atoms with Crippen LogP contribution in [0.2, 0.25) is 0 Å². The van der Waals surface area contributed by atoms with Gasteiger partial charge in [-0.25, -0.2) is 4.79 Å². The molecule has 0 unspecified atom stereocenters. The number of carbonyl (C=O) groups is 1. The minimum absolute atomic E-state index is 0.277. The highest BCUT2D eigenvalue weighted by Crippen LogP contribution is 2.13. The number of rotatable bonds is 8. The second kappa shape index (κ2) is 9.43. The topological polar surface area (TPSA) is 48.0 Å². The Labute approximate surface area is 132 Å². The van der Waals surface area contributed by atoms with Crippen LogP contribution in [0.25, 0.3) is 0 Å². The van der Waals surface area contributed by atoms with Crippen LogP contribution >= 0.6 is 0 Å². The van der Waals surface area contributed by atoms with Gasteiger partial charge in [0.1, 0.15) is 5.75 Å². The standard InChI is InChI=1S/C17H25NO4/c1-2-11-22-17(19)15-4-6-16(7-5-15)21-12-3-8-18-9-13-20-14-10-18/h4-7H,2-3,8-14H2,1H3. The lowest BCUT2D eigenvalue weighted by Crippen LogP contribution is -2.37. The van der Waals surface area contributed by atoms with Crippen molar-refractivity contribution in [2.24, 2.45) is 0 Å². The zero-order valence-electron chi connectivity index (χ0n) is 13.3. The number of morpholine rings is 1. The molecule has 1 fully saturated rings. The molecule has 1 aliphatic heterocycles. The molecule has 0 amide bonds. The van der Waals surface area contributed by atoms with Crippen LogP contribution in [0.4, 0.5) is 0 Å². The van der Waals surface area contributed by atoms with E-state index in [1.54, 1.807) is 12.1 Å². The smallest absolute Gasteiger partial charge is 0.338 e. The van der Waals surface area contributed by atoms with Crippen LogP contribution in [-0.4, -0.2) is 56.9 Å². The van der Waals surface area contributed by atoms with Gasteiger partial charge in [-0.05, 0) is 37.1 Å². The Morgan fingerprint density at radius 3 is 2.59 bits per heavy atom. The summed E-state index contributed by atoms with van der Waals surface area (Å²) in [5.41, 5.74) is 0.564. The van der Waals surface area contributed by atoms with Crippen LogP contribution in [0.3, 0.4) is 0 Å². The van der Waals surface area contributed by atoms with E-state index in [2.05, 4.69) is 4.90 Å². The van der Waals surface area contributed by atoms with Crippen molar-refractivity contribution in [1.82, 2.24) is 4.90 Å². The van der Waals surface area contributed by atoms with E-state index in [1.165, 1.54) is 0 Å². The summed E-state index contributed by atoms with van der Waals surface area (Å²) >= 11 is 0. The molecule has 0 N–H and O–H groups in total. The van der Waals surface area contributed by atoms with Gasteiger partial charge in [-0.3, -0.25) is 4.90 Å². The molecular weight excluding hydrogens is 282 g/mol. The molecule has 0 atom stereocenters. The van der Waals surface area contributed by atoms with E-state index in [0.717, 1.165) is 51.4 Å². The second-order valence-electron chi connectivity index (χ2n) is 5.32. The molecule has 122 valence electrons.